The topological polar surface area (TPSA) is 62.3 Å². The van der Waals surface area contributed by atoms with E-state index in [9.17, 15) is 9.59 Å². The van der Waals surface area contributed by atoms with Crippen LogP contribution in [-0.4, -0.2) is 41.3 Å². The highest BCUT2D eigenvalue weighted by atomic mass is 32.1. The average Bonchev–Trinajstić information content (AvgIpc) is 3.33. The molecule has 1 atom stereocenters. The van der Waals surface area contributed by atoms with Crippen molar-refractivity contribution in [2.45, 2.75) is 39.0 Å². The van der Waals surface area contributed by atoms with Gasteiger partial charge in [-0.25, -0.2) is 4.98 Å². The van der Waals surface area contributed by atoms with Crippen molar-refractivity contribution in [3.05, 3.63) is 38.5 Å². The Morgan fingerprint density at radius 2 is 2.23 bits per heavy atom. The van der Waals surface area contributed by atoms with Crippen LogP contribution < -0.4 is 5.32 Å². The molecule has 0 aromatic carbocycles. The number of piperidine rings is 1. The Labute approximate surface area is 162 Å². The number of thiophene rings is 1. The second-order valence-electron chi connectivity index (χ2n) is 6.94. The van der Waals surface area contributed by atoms with E-state index in [4.69, 9.17) is 4.98 Å². The zero-order valence-electron chi connectivity index (χ0n) is 15.2. The summed E-state index contributed by atoms with van der Waals surface area (Å²) < 4.78 is 0. The van der Waals surface area contributed by atoms with Gasteiger partial charge in [0.2, 0.25) is 5.91 Å². The SMILES string of the molecule is CC(C)C(=O)NCCc1csc([C@@H]2CCCN(C(=O)c3cccs3)C2)n1. The van der Waals surface area contributed by atoms with Crippen LogP contribution in [0.5, 0.6) is 0 Å². The molecule has 2 amide bonds. The minimum Gasteiger partial charge on any atom is -0.355 e. The van der Waals surface area contributed by atoms with Gasteiger partial charge < -0.3 is 10.2 Å². The average molecular weight is 392 g/mol. The van der Waals surface area contributed by atoms with Crippen molar-refractivity contribution >= 4 is 34.5 Å². The maximum Gasteiger partial charge on any atom is 0.263 e. The Morgan fingerprint density at radius 1 is 1.38 bits per heavy atom. The van der Waals surface area contributed by atoms with Gasteiger partial charge in [-0.1, -0.05) is 19.9 Å². The van der Waals surface area contributed by atoms with Gasteiger partial charge in [-0.2, -0.15) is 0 Å². The molecule has 0 saturated carbocycles. The third kappa shape index (κ3) is 4.71. The van der Waals surface area contributed by atoms with E-state index < -0.39 is 0 Å². The largest absolute Gasteiger partial charge is 0.355 e. The van der Waals surface area contributed by atoms with Crippen LogP contribution in [-0.2, 0) is 11.2 Å². The summed E-state index contributed by atoms with van der Waals surface area (Å²) in [5, 5.41) is 8.07. The van der Waals surface area contributed by atoms with Crippen molar-refractivity contribution in [1.82, 2.24) is 15.2 Å². The number of nitrogens with one attached hydrogen (secondary N) is 1. The van der Waals surface area contributed by atoms with Crippen molar-refractivity contribution in [2.75, 3.05) is 19.6 Å². The van der Waals surface area contributed by atoms with E-state index >= 15 is 0 Å². The van der Waals surface area contributed by atoms with Crippen molar-refractivity contribution in [1.29, 1.82) is 0 Å². The maximum absolute atomic E-state index is 12.6. The van der Waals surface area contributed by atoms with Gasteiger partial charge >= 0.3 is 0 Å². The molecule has 1 aliphatic rings. The minimum atomic E-state index is 0.00935. The van der Waals surface area contributed by atoms with Crippen LogP contribution in [0, 0.1) is 5.92 Å². The zero-order chi connectivity index (χ0) is 18.5. The summed E-state index contributed by atoms with van der Waals surface area (Å²) in [6, 6.07) is 3.81. The summed E-state index contributed by atoms with van der Waals surface area (Å²) >= 11 is 3.17. The Hall–Kier alpha value is -1.73. The van der Waals surface area contributed by atoms with Gasteiger partial charge in [0.1, 0.15) is 0 Å². The van der Waals surface area contributed by atoms with E-state index in [0.29, 0.717) is 12.5 Å². The van der Waals surface area contributed by atoms with Gasteiger partial charge in [0.15, 0.2) is 0 Å². The summed E-state index contributed by atoms with van der Waals surface area (Å²) in [6.07, 6.45) is 2.84. The molecule has 1 saturated heterocycles. The van der Waals surface area contributed by atoms with E-state index in [-0.39, 0.29) is 17.7 Å². The molecule has 26 heavy (non-hydrogen) atoms. The summed E-state index contributed by atoms with van der Waals surface area (Å²) in [5.74, 6) is 0.542. The van der Waals surface area contributed by atoms with Gasteiger partial charge in [0, 0.05) is 43.3 Å². The van der Waals surface area contributed by atoms with Crippen molar-refractivity contribution in [2.24, 2.45) is 5.92 Å². The predicted octanol–water partition coefficient (Wildman–Crippen LogP) is 3.54. The lowest BCUT2D eigenvalue weighted by Crippen LogP contribution is -2.38. The Kier molecular flexibility index (Phi) is 6.43. The summed E-state index contributed by atoms with van der Waals surface area (Å²) in [4.78, 5) is 31.7. The lowest BCUT2D eigenvalue weighted by molar-refractivity contribution is -0.123. The molecule has 0 radical (unpaired) electrons. The molecule has 0 spiro atoms. The number of thiazole rings is 1. The van der Waals surface area contributed by atoms with Gasteiger partial charge in [-0.15, -0.1) is 22.7 Å². The number of amides is 2. The van der Waals surface area contributed by atoms with Crippen LogP contribution >= 0.6 is 22.7 Å². The lowest BCUT2D eigenvalue weighted by Gasteiger charge is -2.31. The number of carbonyl (C=O) groups is 2. The smallest absolute Gasteiger partial charge is 0.263 e. The summed E-state index contributed by atoms with van der Waals surface area (Å²) in [5.41, 5.74) is 1.02. The number of aromatic nitrogens is 1. The molecule has 0 bridgehead atoms. The first-order chi connectivity index (χ1) is 12.5. The maximum atomic E-state index is 12.6. The fourth-order valence-electron chi connectivity index (χ4n) is 3.06. The highest BCUT2D eigenvalue weighted by Crippen LogP contribution is 2.30. The normalized spacial score (nSPS) is 17.5. The minimum absolute atomic E-state index is 0.00935. The monoisotopic (exact) mass is 391 g/mol. The first-order valence-corrected chi connectivity index (χ1v) is 10.9. The molecule has 3 rings (SSSR count). The van der Waals surface area contributed by atoms with Crippen LogP contribution in [0.25, 0.3) is 0 Å². The number of rotatable bonds is 6. The standard InChI is InChI=1S/C19H25N3O2S2/c1-13(2)17(23)20-8-7-15-12-26-18(21-15)14-5-3-9-22(11-14)19(24)16-6-4-10-25-16/h4,6,10,12-14H,3,5,7-9,11H2,1-2H3,(H,20,23)/t14-/m1/s1. The fourth-order valence-corrected chi connectivity index (χ4v) is 4.74. The molecule has 0 unspecified atom stereocenters. The Balaban J connectivity index is 1.55. The third-order valence-corrected chi connectivity index (χ3v) is 6.48. The molecule has 3 heterocycles. The van der Waals surface area contributed by atoms with E-state index in [1.807, 2.05) is 36.3 Å². The van der Waals surface area contributed by atoms with E-state index in [1.165, 1.54) is 11.3 Å². The highest BCUT2D eigenvalue weighted by Gasteiger charge is 2.27. The van der Waals surface area contributed by atoms with Gasteiger partial charge in [0.05, 0.1) is 15.6 Å². The van der Waals surface area contributed by atoms with Crippen LogP contribution in [0.1, 0.15) is 53.0 Å². The quantitative estimate of drug-likeness (QED) is 0.819. The first-order valence-electron chi connectivity index (χ1n) is 9.09. The number of hydrogen-bond acceptors (Lipinski definition) is 5. The molecule has 1 N–H and O–H groups in total. The molecule has 0 aliphatic carbocycles. The molecule has 1 aliphatic heterocycles. The molecule has 5 nitrogen and oxygen atoms in total. The molecule has 7 heteroatoms. The molecular weight excluding hydrogens is 366 g/mol. The van der Waals surface area contributed by atoms with E-state index in [0.717, 1.165) is 47.9 Å². The van der Waals surface area contributed by atoms with Crippen molar-refractivity contribution < 1.29 is 9.59 Å². The summed E-state index contributed by atoms with van der Waals surface area (Å²) in [7, 11) is 0. The Bertz CT molecular complexity index is 740. The molecule has 140 valence electrons. The number of carbonyl (C=O) groups excluding carboxylic acids is 2. The predicted molar refractivity (Wildman–Crippen MR) is 106 cm³/mol. The summed E-state index contributed by atoms with van der Waals surface area (Å²) in [6.45, 7) is 5.97. The van der Waals surface area contributed by atoms with E-state index in [2.05, 4.69) is 10.7 Å². The van der Waals surface area contributed by atoms with Gasteiger partial charge in [-0.05, 0) is 24.3 Å². The molecule has 2 aromatic rings. The van der Waals surface area contributed by atoms with Crippen LogP contribution in [0.15, 0.2) is 22.9 Å². The second-order valence-corrected chi connectivity index (χ2v) is 8.78. The fraction of sp³-hybridized carbons (Fsp3) is 0.526. The van der Waals surface area contributed by atoms with Crippen LogP contribution in [0.4, 0.5) is 0 Å². The van der Waals surface area contributed by atoms with Gasteiger partial charge in [-0.3, -0.25) is 9.59 Å². The van der Waals surface area contributed by atoms with E-state index in [1.54, 1.807) is 11.3 Å². The molecular formula is C19H25N3O2S2. The number of likely N-dealkylation sites (tertiary alicyclic amines) is 1. The molecule has 1 fully saturated rings. The highest BCUT2D eigenvalue weighted by molar-refractivity contribution is 7.12. The second kappa shape index (κ2) is 8.77. The lowest BCUT2D eigenvalue weighted by atomic mass is 9.98. The number of hydrogen-bond donors (Lipinski definition) is 1. The van der Waals surface area contributed by atoms with Crippen molar-refractivity contribution in [3.8, 4) is 0 Å². The third-order valence-electron chi connectivity index (χ3n) is 4.56. The molecule has 2 aromatic heterocycles. The first kappa shape index (κ1) is 19.0. The van der Waals surface area contributed by atoms with Crippen molar-refractivity contribution in [3.63, 3.8) is 0 Å². The zero-order valence-corrected chi connectivity index (χ0v) is 16.9. The van der Waals surface area contributed by atoms with Crippen LogP contribution in [0.3, 0.4) is 0 Å². The Morgan fingerprint density at radius 3 is 2.96 bits per heavy atom. The van der Waals surface area contributed by atoms with Gasteiger partial charge in [0.25, 0.3) is 5.91 Å². The van der Waals surface area contributed by atoms with Crippen LogP contribution in [0.2, 0.25) is 0 Å². The number of nitrogens with zero attached hydrogens (tertiary/aromatic N) is 2.